The van der Waals surface area contributed by atoms with Crippen LogP contribution in [-0.4, -0.2) is 9.78 Å². The van der Waals surface area contributed by atoms with E-state index in [1.807, 2.05) is 6.92 Å². The number of aryl methyl sites for hydroxylation is 1. The summed E-state index contributed by atoms with van der Waals surface area (Å²) in [5.74, 6) is 0.372. The van der Waals surface area contributed by atoms with Crippen LogP contribution in [0.5, 0.6) is 0 Å². The van der Waals surface area contributed by atoms with Gasteiger partial charge in [0.05, 0.1) is 20.3 Å². The van der Waals surface area contributed by atoms with Crippen LogP contribution < -0.4 is 5.73 Å². The Labute approximate surface area is 120 Å². The lowest BCUT2D eigenvalue weighted by atomic mass is 10.2. The normalized spacial score (nSPS) is 10.8. The molecule has 0 aliphatic carbocycles. The zero-order valence-corrected chi connectivity index (χ0v) is 12.8. The second-order valence-electron chi connectivity index (χ2n) is 3.69. The lowest BCUT2D eigenvalue weighted by Crippen LogP contribution is -2.06. The summed E-state index contributed by atoms with van der Waals surface area (Å²) in [5.41, 5.74) is 7.78. The van der Waals surface area contributed by atoms with Gasteiger partial charge in [0.25, 0.3) is 0 Å². The van der Waals surface area contributed by atoms with Gasteiger partial charge in [0.2, 0.25) is 0 Å². The molecule has 1 heterocycles. The Morgan fingerprint density at radius 1 is 1.53 bits per heavy atom. The molecule has 0 unspecified atom stereocenters. The van der Waals surface area contributed by atoms with E-state index < -0.39 is 0 Å². The van der Waals surface area contributed by atoms with Gasteiger partial charge < -0.3 is 5.73 Å². The molecular weight excluding hydrogens is 400 g/mol. The monoisotopic (exact) mass is 409 g/mol. The average Bonchev–Trinajstić information content (AvgIpc) is 2.52. The third-order valence-corrected chi connectivity index (χ3v) is 4.35. The van der Waals surface area contributed by atoms with Crippen LogP contribution in [0, 0.1) is 16.3 Å². The molecule has 0 fully saturated rings. The highest BCUT2D eigenvalue weighted by Crippen LogP contribution is 2.21. The number of anilines is 1. The minimum absolute atomic E-state index is 0.270. The van der Waals surface area contributed by atoms with Gasteiger partial charge in [-0.3, -0.25) is 0 Å². The maximum atomic E-state index is 13.1. The van der Waals surface area contributed by atoms with E-state index >= 15 is 0 Å². The summed E-state index contributed by atoms with van der Waals surface area (Å²) in [6.45, 7) is 2.45. The Morgan fingerprint density at radius 3 is 2.76 bits per heavy atom. The molecule has 0 amide bonds. The van der Waals surface area contributed by atoms with Crippen LogP contribution >= 0.6 is 38.5 Å². The molecule has 1 aromatic carbocycles. The third kappa shape index (κ3) is 2.62. The predicted octanol–water partition coefficient (Wildman–Crippen LogP) is 3.33. The minimum Gasteiger partial charge on any atom is -0.383 e. The molecule has 0 aliphatic rings. The number of aromatic nitrogens is 2. The highest BCUT2D eigenvalue weighted by Gasteiger charge is 2.10. The summed E-state index contributed by atoms with van der Waals surface area (Å²) in [7, 11) is 0. The van der Waals surface area contributed by atoms with Crippen molar-refractivity contribution in [2.45, 2.75) is 13.5 Å². The first-order valence-electron chi connectivity index (χ1n) is 4.91. The fourth-order valence-corrected chi connectivity index (χ4v) is 2.32. The van der Waals surface area contributed by atoms with Crippen LogP contribution in [0.3, 0.4) is 0 Å². The first-order valence-corrected chi connectivity index (χ1v) is 6.78. The van der Waals surface area contributed by atoms with Crippen LogP contribution in [0.1, 0.15) is 11.3 Å². The fraction of sp³-hybridized carbons (Fsp3) is 0.182. The van der Waals surface area contributed by atoms with Gasteiger partial charge in [-0.05, 0) is 63.1 Å². The number of rotatable bonds is 2. The quantitative estimate of drug-likeness (QED) is 0.773. The van der Waals surface area contributed by atoms with Crippen molar-refractivity contribution in [3.63, 3.8) is 0 Å². The smallest absolute Gasteiger partial charge is 0.137 e. The number of benzene rings is 1. The molecule has 1 aromatic heterocycles. The first-order chi connectivity index (χ1) is 7.99. The minimum atomic E-state index is -0.270. The molecule has 0 saturated carbocycles. The van der Waals surface area contributed by atoms with Crippen LogP contribution in [-0.2, 0) is 6.54 Å². The van der Waals surface area contributed by atoms with Gasteiger partial charge >= 0.3 is 0 Å². The largest absolute Gasteiger partial charge is 0.383 e. The van der Waals surface area contributed by atoms with Crippen LogP contribution in [0.2, 0.25) is 0 Å². The van der Waals surface area contributed by atoms with Gasteiger partial charge in [-0.25, -0.2) is 9.07 Å². The van der Waals surface area contributed by atoms with E-state index in [2.05, 4.69) is 43.6 Å². The molecule has 0 bridgehead atoms. The van der Waals surface area contributed by atoms with Gasteiger partial charge in [0.15, 0.2) is 0 Å². The maximum Gasteiger partial charge on any atom is 0.137 e. The van der Waals surface area contributed by atoms with Crippen LogP contribution in [0.4, 0.5) is 10.2 Å². The topological polar surface area (TPSA) is 43.8 Å². The highest BCUT2D eigenvalue weighted by molar-refractivity contribution is 14.1. The molecule has 0 radical (unpaired) electrons. The summed E-state index contributed by atoms with van der Waals surface area (Å²) in [6.07, 6.45) is 0. The lowest BCUT2D eigenvalue weighted by Gasteiger charge is -2.05. The molecule has 2 rings (SSSR count). The molecule has 6 heteroatoms. The van der Waals surface area contributed by atoms with E-state index in [0.29, 0.717) is 16.8 Å². The molecule has 0 aliphatic heterocycles. The second kappa shape index (κ2) is 4.93. The third-order valence-electron chi connectivity index (χ3n) is 2.41. The predicted molar refractivity (Wildman–Crippen MR) is 77.3 cm³/mol. The summed E-state index contributed by atoms with van der Waals surface area (Å²) >= 11 is 5.33. The van der Waals surface area contributed by atoms with Crippen molar-refractivity contribution in [2.75, 3.05) is 5.73 Å². The molecule has 0 spiro atoms. The van der Waals surface area contributed by atoms with Crippen molar-refractivity contribution < 1.29 is 4.39 Å². The van der Waals surface area contributed by atoms with Gasteiger partial charge in [0.1, 0.15) is 11.6 Å². The zero-order valence-electron chi connectivity index (χ0n) is 9.04. The van der Waals surface area contributed by atoms with E-state index in [4.69, 9.17) is 5.73 Å². The standard InChI is InChI=1S/C11H10BrFIN3/c1-6-10(14)11(15)17(16-6)5-7-2-3-9(13)8(12)4-7/h2-4H,5,15H2,1H3. The molecule has 90 valence electrons. The van der Waals surface area contributed by atoms with Crippen molar-refractivity contribution in [1.29, 1.82) is 0 Å². The Morgan fingerprint density at radius 2 is 2.24 bits per heavy atom. The molecule has 3 nitrogen and oxygen atoms in total. The maximum absolute atomic E-state index is 13.1. The van der Waals surface area contributed by atoms with E-state index in [0.717, 1.165) is 14.8 Å². The number of nitrogens with two attached hydrogens (primary N) is 1. The average molecular weight is 410 g/mol. The zero-order chi connectivity index (χ0) is 12.6. The molecule has 17 heavy (non-hydrogen) atoms. The summed E-state index contributed by atoms with van der Waals surface area (Å²) in [6, 6.07) is 4.89. The number of hydrogen-bond acceptors (Lipinski definition) is 2. The SMILES string of the molecule is Cc1nn(Cc2ccc(F)c(Br)c2)c(N)c1I. The second-order valence-corrected chi connectivity index (χ2v) is 5.62. The lowest BCUT2D eigenvalue weighted by molar-refractivity contribution is 0.618. The molecule has 0 saturated heterocycles. The van der Waals surface area contributed by atoms with Gasteiger partial charge in [-0.15, -0.1) is 0 Å². The molecule has 2 N–H and O–H groups in total. The molecule has 0 atom stereocenters. The van der Waals surface area contributed by atoms with E-state index in [9.17, 15) is 4.39 Å². The van der Waals surface area contributed by atoms with Crippen molar-refractivity contribution in [1.82, 2.24) is 9.78 Å². The van der Waals surface area contributed by atoms with Crippen LogP contribution in [0.25, 0.3) is 0 Å². The fourth-order valence-electron chi connectivity index (χ4n) is 1.51. The number of nitrogens with zero attached hydrogens (tertiary/aromatic N) is 2. The highest BCUT2D eigenvalue weighted by atomic mass is 127. The number of nitrogen functional groups attached to an aromatic ring is 1. The Hall–Kier alpha value is -0.630. The Bertz CT molecular complexity index is 568. The molecule has 2 aromatic rings. The number of halogens is 3. The van der Waals surface area contributed by atoms with Gasteiger partial charge in [-0.1, -0.05) is 6.07 Å². The van der Waals surface area contributed by atoms with Crippen molar-refractivity contribution >= 4 is 44.3 Å². The van der Waals surface area contributed by atoms with Crippen molar-refractivity contribution in [3.8, 4) is 0 Å². The first kappa shape index (κ1) is 12.8. The Kier molecular flexibility index (Phi) is 3.72. The van der Waals surface area contributed by atoms with Gasteiger partial charge in [-0.2, -0.15) is 5.10 Å². The molecular formula is C11H10BrFIN3. The van der Waals surface area contributed by atoms with Crippen molar-refractivity contribution in [3.05, 3.63) is 43.3 Å². The van der Waals surface area contributed by atoms with Crippen molar-refractivity contribution in [2.24, 2.45) is 0 Å². The Balaban J connectivity index is 2.31. The van der Waals surface area contributed by atoms with E-state index in [1.165, 1.54) is 6.07 Å². The summed E-state index contributed by atoms with van der Waals surface area (Å²) in [4.78, 5) is 0. The summed E-state index contributed by atoms with van der Waals surface area (Å²) in [5, 5.41) is 4.33. The van der Waals surface area contributed by atoms with E-state index in [1.54, 1.807) is 16.8 Å². The van der Waals surface area contributed by atoms with Crippen LogP contribution in [0.15, 0.2) is 22.7 Å². The van der Waals surface area contributed by atoms with E-state index in [-0.39, 0.29) is 5.82 Å². The van der Waals surface area contributed by atoms with Gasteiger partial charge in [0, 0.05) is 0 Å². The summed E-state index contributed by atoms with van der Waals surface area (Å²) < 4.78 is 16.2. The number of hydrogen-bond donors (Lipinski definition) is 1.